The van der Waals surface area contributed by atoms with Gasteiger partial charge in [0, 0.05) is 24.7 Å². The second kappa shape index (κ2) is 4.21. The summed E-state index contributed by atoms with van der Waals surface area (Å²) in [6, 6.07) is 4.24. The minimum atomic E-state index is -0.555. The van der Waals surface area contributed by atoms with Crippen molar-refractivity contribution in [3.05, 3.63) is 28.3 Å². The Kier molecular flexibility index (Phi) is 2.89. The summed E-state index contributed by atoms with van der Waals surface area (Å²) in [5.41, 5.74) is 5.85. The minimum Gasteiger partial charge on any atom is -0.399 e. The predicted molar refractivity (Wildman–Crippen MR) is 64.1 cm³/mol. The summed E-state index contributed by atoms with van der Waals surface area (Å²) in [5, 5.41) is 10.6. The molecule has 1 aliphatic heterocycles. The van der Waals surface area contributed by atoms with Crippen LogP contribution in [0.5, 0.6) is 0 Å². The van der Waals surface area contributed by atoms with E-state index < -0.39 is 4.92 Å². The quantitative estimate of drug-likeness (QED) is 0.375. The second-order valence-electron chi connectivity index (χ2n) is 3.81. The SMILES string of the molecule is Nc1ccc(N2CC(Cl)CC2=O)c([N+](=O)[O-])c1. The number of alkyl halides is 1. The van der Waals surface area contributed by atoms with Gasteiger partial charge < -0.3 is 10.6 Å². The number of nitro benzene ring substituents is 1. The topological polar surface area (TPSA) is 89.5 Å². The number of amides is 1. The van der Waals surface area contributed by atoms with Gasteiger partial charge in [-0.25, -0.2) is 0 Å². The van der Waals surface area contributed by atoms with Crippen molar-refractivity contribution in [3.8, 4) is 0 Å². The molecule has 0 aliphatic carbocycles. The molecule has 1 aliphatic rings. The molecule has 0 spiro atoms. The van der Waals surface area contributed by atoms with E-state index in [1.54, 1.807) is 0 Å². The van der Waals surface area contributed by atoms with Crippen LogP contribution in [0.2, 0.25) is 0 Å². The molecule has 1 heterocycles. The highest BCUT2D eigenvalue weighted by molar-refractivity contribution is 6.24. The third-order valence-corrected chi connectivity index (χ3v) is 2.86. The Labute approximate surface area is 102 Å². The molecule has 1 fully saturated rings. The zero-order valence-corrected chi connectivity index (χ0v) is 9.55. The maximum absolute atomic E-state index is 11.6. The minimum absolute atomic E-state index is 0.177. The van der Waals surface area contributed by atoms with E-state index in [1.807, 2.05) is 0 Å². The zero-order chi connectivity index (χ0) is 12.6. The summed E-state index contributed by atoms with van der Waals surface area (Å²) < 4.78 is 0. The monoisotopic (exact) mass is 255 g/mol. The fourth-order valence-electron chi connectivity index (χ4n) is 1.81. The molecule has 2 rings (SSSR count). The van der Waals surface area contributed by atoms with Crippen molar-refractivity contribution in [1.82, 2.24) is 0 Å². The van der Waals surface area contributed by atoms with Crippen LogP contribution in [0.4, 0.5) is 17.1 Å². The van der Waals surface area contributed by atoms with E-state index in [4.69, 9.17) is 17.3 Å². The van der Waals surface area contributed by atoms with Crippen molar-refractivity contribution in [2.24, 2.45) is 0 Å². The maximum Gasteiger partial charge on any atom is 0.295 e. The zero-order valence-electron chi connectivity index (χ0n) is 8.80. The molecule has 2 N–H and O–H groups in total. The van der Waals surface area contributed by atoms with E-state index in [1.165, 1.54) is 23.1 Å². The van der Waals surface area contributed by atoms with Crippen LogP contribution >= 0.6 is 11.6 Å². The van der Waals surface area contributed by atoms with Gasteiger partial charge in [-0.3, -0.25) is 14.9 Å². The molecule has 6 nitrogen and oxygen atoms in total. The normalized spacial score (nSPS) is 19.7. The summed E-state index contributed by atoms with van der Waals surface area (Å²) in [6.45, 7) is 0.283. The number of carbonyl (C=O) groups is 1. The lowest BCUT2D eigenvalue weighted by Gasteiger charge is -2.15. The number of hydrogen-bond donors (Lipinski definition) is 1. The summed E-state index contributed by atoms with van der Waals surface area (Å²) in [5.74, 6) is -0.210. The van der Waals surface area contributed by atoms with Crippen molar-refractivity contribution >= 4 is 34.6 Å². The fourth-order valence-corrected chi connectivity index (χ4v) is 2.08. The molecule has 0 bridgehead atoms. The van der Waals surface area contributed by atoms with Gasteiger partial charge in [0.1, 0.15) is 5.69 Å². The van der Waals surface area contributed by atoms with Gasteiger partial charge in [0.25, 0.3) is 5.69 Å². The van der Waals surface area contributed by atoms with Gasteiger partial charge in [0.05, 0.1) is 10.3 Å². The van der Waals surface area contributed by atoms with Crippen molar-refractivity contribution in [2.45, 2.75) is 11.8 Å². The summed E-state index contributed by atoms with van der Waals surface area (Å²) in [7, 11) is 0. The van der Waals surface area contributed by atoms with Crippen LogP contribution in [0.15, 0.2) is 18.2 Å². The molecule has 17 heavy (non-hydrogen) atoms. The van der Waals surface area contributed by atoms with Gasteiger partial charge in [-0.1, -0.05) is 0 Å². The van der Waals surface area contributed by atoms with E-state index in [-0.39, 0.29) is 41.3 Å². The third-order valence-electron chi connectivity index (χ3n) is 2.56. The van der Waals surface area contributed by atoms with E-state index in [0.717, 1.165) is 0 Å². The Morgan fingerprint density at radius 2 is 2.24 bits per heavy atom. The highest BCUT2D eigenvalue weighted by Gasteiger charge is 2.33. The largest absolute Gasteiger partial charge is 0.399 e. The lowest BCUT2D eigenvalue weighted by molar-refractivity contribution is -0.384. The van der Waals surface area contributed by atoms with E-state index in [0.29, 0.717) is 0 Å². The molecule has 7 heteroatoms. The van der Waals surface area contributed by atoms with Crippen LogP contribution in [0.3, 0.4) is 0 Å². The lowest BCUT2D eigenvalue weighted by atomic mass is 10.2. The Morgan fingerprint density at radius 3 is 2.76 bits per heavy atom. The van der Waals surface area contributed by atoms with Crippen LogP contribution < -0.4 is 10.6 Å². The van der Waals surface area contributed by atoms with Crippen LogP contribution in [0.1, 0.15) is 6.42 Å². The van der Waals surface area contributed by atoms with Gasteiger partial charge in [0.15, 0.2) is 0 Å². The first-order valence-corrected chi connectivity index (χ1v) is 5.41. The molecule has 1 unspecified atom stereocenters. The van der Waals surface area contributed by atoms with Gasteiger partial charge in [-0.15, -0.1) is 11.6 Å². The average molecular weight is 256 g/mol. The number of rotatable bonds is 2. The van der Waals surface area contributed by atoms with Crippen LogP contribution in [0, 0.1) is 10.1 Å². The van der Waals surface area contributed by atoms with Crippen molar-refractivity contribution < 1.29 is 9.72 Å². The lowest BCUT2D eigenvalue weighted by Crippen LogP contribution is -2.25. The number of halogens is 1. The van der Waals surface area contributed by atoms with E-state index >= 15 is 0 Å². The van der Waals surface area contributed by atoms with Gasteiger partial charge in [-0.05, 0) is 12.1 Å². The van der Waals surface area contributed by atoms with Crippen molar-refractivity contribution in [2.75, 3.05) is 17.2 Å². The molecule has 1 aromatic carbocycles. The number of nitro groups is 1. The highest BCUT2D eigenvalue weighted by atomic mass is 35.5. The number of hydrogen-bond acceptors (Lipinski definition) is 4. The maximum atomic E-state index is 11.6. The highest BCUT2D eigenvalue weighted by Crippen LogP contribution is 2.33. The van der Waals surface area contributed by atoms with Crippen molar-refractivity contribution in [3.63, 3.8) is 0 Å². The molecule has 1 atom stereocenters. The summed E-state index contributed by atoms with van der Waals surface area (Å²) >= 11 is 5.86. The fraction of sp³-hybridized carbons (Fsp3) is 0.300. The second-order valence-corrected chi connectivity index (χ2v) is 4.43. The molecule has 90 valence electrons. The Morgan fingerprint density at radius 1 is 1.53 bits per heavy atom. The molecule has 1 amide bonds. The molecule has 1 aromatic rings. The number of benzene rings is 1. The molecular weight excluding hydrogens is 246 g/mol. The third kappa shape index (κ3) is 2.16. The summed E-state index contributed by atoms with van der Waals surface area (Å²) in [6.07, 6.45) is 0.198. The van der Waals surface area contributed by atoms with Gasteiger partial charge in [0.2, 0.25) is 5.91 Å². The van der Waals surface area contributed by atoms with E-state index in [9.17, 15) is 14.9 Å². The first-order valence-electron chi connectivity index (χ1n) is 4.97. The van der Waals surface area contributed by atoms with Crippen LogP contribution in [-0.2, 0) is 4.79 Å². The average Bonchev–Trinajstić information content (AvgIpc) is 2.57. The molecular formula is C10H10ClN3O3. The van der Waals surface area contributed by atoms with Crippen molar-refractivity contribution in [1.29, 1.82) is 0 Å². The smallest absolute Gasteiger partial charge is 0.295 e. The number of nitrogens with zero attached hydrogens (tertiary/aromatic N) is 2. The first-order chi connectivity index (χ1) is 7.99. The number of nitrogen functional groups attached to an aromatic ring is 1. The van der Waals surface area contributed by atoms with Crippen LogP contribution in [0.25, 0.3) is 0 Å². The number of anilines is 2. The molecule has 0 saturated carbocycles. The Bertz CT molecular complexity index is 492. The van der Waals surface area contributed by atoms with Crippen LogP contribution in [-0.4, -0.2) is 22.8 Å². The standard InChI is InChI=1S/C10H10ClN3O3/c11-6-3-10(15)13(5-6)8-2-1-7(12)4-9(8)14(16)17/h1-2,4,6H,3,5,12H2. The molecule has 0 aromatic heterocycles. The number of carbonyl (C=O) groups excluding carboxylic acids is 1. The molecule has 0 radical (unpaired) electrons. The Balaban J connectivity index is 2.45. The predicted octanol–water partition coefficient (Wildman–Crippen LogP) is 1.52. The number of nitrogens with two attached hydrogens (primary N) is 1. The van der Waals surface area contributed by atoms with Gasteiger partial charge in [-0.2, -0.15) is 0 Å². The first kappa shape index (κ1) is 11.7. The van der Waals surface area contributed by atoms with Gasteiger partial charge >= 0.3 is 0 Å². The Hall–Kier alpha value is -1.82. The van der Waals surface area contributed by atoms with E-state index in [2.05, 4.69) is 0 Å². The molecule has 1 saturated heterocycles. The summed E-state index contributed by atoms with van der Waals surface area (Å²) in [4.78, 5) is 23.3.